The summed E-state index contributed by atoms with van der Waals surface area (Å²) < 4.78 is 24.9. The molecule has 0 aromatic heterocycles. The number of hydrogen-bond donors (Lipinski definition) is 10. The van der Waals surface area contributed by atoms with E-state index in [2.05, 4.69) is 26.8 Å². The van der Waals surface area contributed by atoms with E-state index < -0.39 is 120 Å². The van der Waals surface area contributed by atoms with Crippen LogP contribution in [0.4, 0.5) is 0 Å². The lowest BCUT2D eigenvalue weighted by molar-refractivity contribution is -0.383. The summed E-state index contributed by atoms with van der Waals surface area (Å²) in [6.07, 6.45) is -10.6. The van der Waals surface area contributed by atoms with E-state index in [1.54, 1.807) is 0 Å². The van der Waals surface area contributed by atoms with Gasteiger partial charge in [0.1, 0.15) is 48.8 Å². The molecule has 0 bridgehead atoms. The Balaban J connectivity index is 1.38. The zero-order valence-electron chi connectivity index (χ0n) is 34.6. The smallest absolute Gasteiger partial charge is 0.187 e. The highest BCUT2D eigenvalue weighted by Gasteiger charge is 2.73. The molecule has 0 unspecified atom stereocenters. The van der Waals surface area contributed by atoms with Crippen LogP contribution in [0, 0.1) is 45.3 Å². The van der Waals surface area contributed by atoms with E-state index in [1.165, 1.54) is 5.57 Å². The zero-order valence-corrected chi connectivity index (χ0v) is 34.6. The van der Waals surface area contributed by atoms with Crippen LogP contribution in [0.3, 0.4) is 0 Å². The normalized spacial score (nSPS) is 52.6. The average Bonchev–Trinajstić information content (AvgIpc) is 3.51. The van der Waals surface area contributed by atoms with Gasteiger partial charge >= 0.3 is 0 Å². The molecule has 14 nitrogen and oxygen atoms in total. The first-order chi connectivity index (χ1) is 26.0. The highest BCUT2D eigenvalue weighted by atomic mass is 16.8. The number of allylic oxidation sites excluding steroid dienone is 2. The third-order valence-corrected chi connectivity index (χ3v) is 16.5. The van der Waals surface area contributed by atoms with Gasteiger partial charge in [0.2, 0.25) is 0 Å². The van der Waals surface area contributed by atoms with E-state index in [9.17, 15) is 51.1 Å². The molecule has 14 heteroatoms. The van der Waals surface area contributed by atoms with Gasteiger partial charge < -0.3 is 70.0 Å². The second-order valence-electron chi connectivity index (χ2n) is 20.3. The Labute approximate surface area is 331 Å². The molecule has 6 fully saturated rings. The lowest BCUT2D eigenvalue weighted by atomic mass is 9.34. The van der Waals surface area contributed by atoms with Crippen molar-refractivity contribution in [3.8, 4) is 0 Å². The van der Waals surface area contributed by atoms with Gasteiger partial charge in [-0.15, -0.1) is 0 Å². The maximum atomic E-state index is 12.3. The SMILES string of the molecule is CC(C)=CCC[C@](C)(O)[C@H]1CC[C@]2(C)[C@H]1[C@@H](O)C[C@H]1[C@]3(C)CC[C@H](O)C(C)(C)[C@@H]3[C@H](O[C@@H]3O[C@H](CO)[C@@H](O)[C@H](O)[C@H]3O[C@@H]3O[C@H](CO)[C@@H](O)[C@H](O)[C@H]3O)C[C@@]12C. The van der Waals surface area contributed by atoms with Crippen LogP contribution in [-0.2, 0) is 18.9 Å². The molecule has 2 saturated heterocycles. The molecule has 4 aliphatic carbocycles. The Morgan fingerprint density at radius 1 is 0.768 bits per heavy atom. The maximum absolute atomic E-state index is 12.3. The van der Waals surface area contributed by atoms with Crippen molar-refractivity contribution >= 4 is 0 Å². The molecule has 21 atom stereocenters. The van der Waals surface area contributed by atoms with Crippen LogP contribution in [0.25, 0.3) is 0 Å². The van der Waals surface area contributed by atoms with Gasteiger partial charge in [0, 0.05) is 0 Å². The Hall–Kier alpha value is -0.820. The third-order valence-electron chi connectivity index (χ3n) is 16.5. The van der Waals surface area contributed by atoms with E-state index in [0.29, 0.717) is 32.1 Å². The molecule has 0 spiro atoms. The summed E-state index contributed by atoms with van der Waals surface area (Å²) >= 11 is 0. The number of aliphatic hydroxyl groups is 10. The van der Waals surface area contributed by atoms with Crippen molar-refractivity contribution in [1.82, 2.24) is 0 Å². The van der Waals surface area contributed by atoms with Gasteiger partial charge in [0.25, 0.3) is 0 Å². The number of rotatable bonds is 10. The molecule has 2 aliphatic heterocycles. The minimum Gasteiger partial charge on any atom is -0.394 e. The Morgan fingerprint density at radius 3 is 1.98 bits per heavy atom. The first kappa shape index (κ1) is 44.7. The molecule has 0 aromatic rings. The predicted molar refractivity (Wildman–Crippen MR) is 202 cm³/mol. The van der Waals surface area contributed by atoms with Gasteiger partial charge in [-0.05, 0) is 117 Å². The van der Waals surface area contributed by atoms with Crippen LogP contribution in [0.5, 0.6) is 0 Å². The van der Waals surface area contributed by atoms with E-state index in [4.69, 9.17) is 18.9 Å². The number of ether oxygens (including phenoxy) is 4. The fraction of sp³-hybridized carbons (Fsp3) is 0.952. The molecule has 324 valence electrons. The number of hydrogen-bond acceptors (Lipinski definition) is 14. The minimum atomic E-state index is -1.81. The van der Waals surface area contributed by atoms with Crippen LogP contribution in [-0.4, -0.2) is 150 Å². The molecule has 2 heterocycles. The van der Waals surface area contributed by atoms with Crippen molar-refractivity contribution in [2.75, 3.05) is 13.2 Å². The van der Waals surface area contributed by atoms with Crippen molar-refractivity contribution in [1.29, 1.82) is 0 Å². The predicted octanol–water partition coefficient (Wildman–Crippen LogP) is 1.12. The van der Waals surface area contributed by atoms with E-state index in [1.807, 2.05) is 34.6 Å². The molecule has 10 N–H and O–H groups in total. The molecule has 0 amide bonds. The Bertz CT molecular complexity index is 1400. The molecule has 0 aromatic carbocycles. The van der Waals surface area contributed by atoms with Gasteiger partial charge in [-0.1, -0.05) is 46.3 Å². The Morgan fingerprint density at radius 2 is 1.38 bits per heavy atom. The fourth-order valence-corrected chi connectivity index (χ4v) is 13.4. The minimum absolute atomic E-state index is 0.0169. The summed E-state index contributed by atoms with van der Waals surface area (Å²) in [7, 11) is 0. The van der Waals surface area contributed by atoms with E-state index >= 15 is 0 Å². The van der Waals surface area contributed by atoms with E-state index in [0.717, 1.165) is 19.3 Å². The molecule has 6 aliphatic rings. The second kappa shape index (κ2) is 15.9. The van der Waals surface area contributed by atoms with Crippen LogP contribution in [0.2, 0.25) is 0 Å². The monoisotopic (exact) mass is 800 g/mol. The fourth-order valence-electron chi connectivity index (χ4n) is 13.4. The molecule has 6 rings (SSSR count). The topological polar surface area (TPSA) is 239 Å². The maximum Gasteiger partial charge on any atom is 0.187 e. The highest BCUT2D eigenvalue weighted by molar-refractivity contribution is 5.22. The van der Waals surface area contributed by atoms with Crippen molar-refractivity contribution in [3.05, 3.63) is 11.6 Å². The first-order valence-electron chi connectivity index (χ1n) is 21.0. The largest absolute Gasteiger partial charge is 0.394 e. The van der Waals surface area contributed by atoms with Gasteiger partial charge in [-0.25, -0.2) is 0 Å². The number of fused-ring (bicyclic) bond motifs is 5. The van der Waals surface area contributed by atoms with E-state index in [-0.39, 0.29) is 23.7 Å². The first-order valence-corrected chi connectivity index (χ1v) is 21.0. The molecular weight excluding hydrogens is 728 g/mol. The quantitative estimate of drug-likeness (QED) is 0.110. The summed E-state index contributed by atoms with van der Waals surface area (Å²) in [5, 5.41) is 110. The van der Waals surface area contributed by atoms with Crippen molar-refractivity contribution in [2.24, 2.45) is 45.3 Å². The molecule has 0 radical (unpaired) electrons. The van der Waals surface area contributed by atoms with Gasteiger partial charge in [-0.3, -0.25) is 0 Å². The van der Waals surface area contributed by atoms with Gasteiger partial charge in [0.15, 0.2) is 12.6 Å². The highest BCUT2D eigenvalue weighted by Crippen LogP contribution is 2.76. The summed E-state index contributed by atoms with van der Waals surface area (Å²) in [5.41, 5.74) is -1.85. The second-order valence-corrected chi connectivity index (χ2v) is 20.3. The molecule has 56 heavy (non-hydrogen) atoms. The number of aliphatic hydroxyl groups excluding tert-OH is 9. The van der Waals surface area contributed by atoms with Crippen molar-refractivity contribution in [2.45, 2.75) is 192 Å². The summed E-state index contributed by atoms with van der Waals surface area (Å²) in [6, 6.07) is 0. The lowest BCUT2D eigenvalue weighted by Crippen LogP contribution is -2.71. The average molecular weight is 801 g/mol. The third kappa shape index (κ3) is 7.16. The summed E-state index contributed by atoms with van der Waals surface area (Å²) in [5.74, 6) is -0.623. The Kier molecular flexibility index (Phi) is 12.7. The van der Waals surface area contributed by atoms with Gasteiger partial charge in [-0.2, -0.15) is 0 Å². The molecule has 4 saturated carbocycles. The van der Waals surface area contributed by atoms with Crippen LogP contribution >= 0.6 is 0 Å². The van der Waals surface area contributed by atoms with Crippen molar-refractivity contribution in [3.63, 3.8) is 0 Å². The van der Waals surface area contributed by atoms with Crippen LogP contribution < -0.4 is 0 Å². The van der Waals surface area contributed by atoms with Crippen molar-refractivity contribution < 1.29 is 70.0 Å². The summed E-state index contributed by atoms with van der Waals surface area (Å²) in [6.45, 7) is 15.5. The zero-order chi connectivity index (χ0) is 41.5. The molecular formula is C42H72O14. The summed E-state index contributed by atoms with van der Waals surface area (Å²) in [4.78, 5) is 0. The van der Waals surface area contributed by atoms with Gasteiger partial charge in [0.05, 0.1) is 37.1 Å². The van der Waals surface area contributed by atoms with Crippen LogP contribution in [0.1, 0.15) is 107 Å². The van der Waals surface area contributed by atoms with Crippen LogP contribution in [0.15, 0.2) is 11.6 Å². The lowest BCUT2D eigenvalue weighted by Gasteiger charge is -2.72. The standard InChI is InChI=1S/C42H72O14/c1-20(2)10-9-13-42(8,52)21-11-15-40(6)28(21)22(45)16-26-39(5)14-12-27(46)38(3,4)35(39)23(17-41(26,40)7)53-37-34(32(50)30(48)25(19-44)55-37)56-36-33(51)31(49)29(47)24(18-43)54-36/h10,21-37,43-52H,9,11-19H2,1-8H3/t21-,22-,23+,24+,25+,26-,27-,28+,29+,30+,31-,32-,33+,34+,35-,36-,37+,39-,40+,41-,42-/m0/s1.